The number of anilines is 2. The maximum Gasteiger partial charge on any atom is 0.237 e. The van der Waals surface area contributed by atoms with Crippen LogP contribution in [0.25, 0.3) is 0 Å². The average Bonchev–Trinajstić information content (AvgIpc) is 2.43. The third-order valence-electron chi connectivity index (χ3n) is 3.44. The molecule has 1 aromatic rings. The summed E-state index contributed by atoms with van der Waals surface area (Å²) in [6.07, 6.45) is 2.06. The predicted molar refractivity (Wildman–Crippen MR) is 85.1 cm³/mol. The van der Waals surface area contributed by atoms with Gasteiger partial charge in [-0.25, -0.2) is 0 Å². The largest absolute Gasteiger partial charge is 0.399 e. The Morgan fingerprint density at radius 2 is 2.15 bits per heavy atom. The van der Waals surface area contributed by atoms with Crippen LogP contribution in [0, 0.1) is 6.92 Å². The van der Waals surface area contributed by atoms with Crippen molar-refractivity contribution < 1.29 is 9.53 Å². The lowest BCUT2D eigenvalue weighted by molar-refractivity contribution is -0.115. The van der Waals surface area contributed by atoms with E-state index in [1.165, 1.54) is 0 Å². The van der Waals surface area contributed by atoms with Gasteiger partial charge in [-0.3, -0.25) is 4.79 Å². The second kappa shape index (κ2) is 6.99. The molecule has 0 spiro atoms. The van der Waals surface area contributed by atoms with Crippen molar-refractivity contribution in [2.45, 2.75) is 37.2 Å². The number of hydrogen-bond acceptors (Lipinski definition) is 4. The molecular formula is C15H22N2O2S. The van der Waals surface area contributed by atoms with E-state index < -0.39 is 0 Å². The van der Waals surface area contributed by atoms with Crippen LogP contribution in [0.2, 0.25) is 0 Å². The second-order valence-electron chi connectivity index (χ2n) is 5.15. The van der Waals surface area contributed by atoms with E-state index in [2.05, 4.69) is 5.32 Å². The number of nitrogens with one attached hydrogen (secondary N) is 1. The SMILES string of the molecule is Cc1cc(N)ccc1NC(=O)C(C)SC1CCOCC1. The Morgan fingerprint density at radius 1 is 1.45 bits per heavy atom. The summed E-state index contributed by atoms with van der Waals surface area (Å²) in [5, 5.41) is 3.45. The predicted octanol–water partition coefficient (Wildman–Crippen LogP) is 2.82. The smallest absolute Gasteiger partial charge is 0.237 e. The van der Waals surface area contributed by atoms with E-state index in [1.54, 1.807) is 17.8 Å². The van der Waals surface area contributed by atoms with Gasteiger partial charge in [0.2, 0.25) is 5.91 Å². The van der Waals surface area contributed by atoms with Crippen LogP contribution in [0.4, 0.5) is 11.4 Å². The van der Waals surface area contributed by atoms with Crippen LogP contribution in [0.3, 0.4) is 0 Å². The third-order valence-corrected chi connectivity index (χ3v) is 4.92. The van der Waals surface area contributed by atoms with E-state index >= 15 is 0 Å². The van der Waals surface area contributed by atoms with Crippen LogP contribution in [-0.2, 0) is 9.53 Å². The number of ether oxygens (including phenoxy) is 1. The van der Waals surface area contributed by atoms with E-state index in [1.807, 2.05) is 26.0 Å². The molecule has 1 unspecified atom stereocenters. The van der Waals surface area contributed by atoms with Crippen molar-refractivity contribution in [3.05, 3.63) is 23.8 Å². The number of hydrogen-bond donors (Lipinski definition) is 2. The van der Waals surface area contributed by atoms with E-state index in [0.29, 0.717) is 10.9 Å². The normalized spacial score (nSPS) is 17.7. The number of carbonyl (C=O) groups excluding carboxylic acids is 1. The summed E-state index contributed by atoms with van der Waals surface area (Å²) < 4.78 is 5.34. The molecule has 5 heteroatoms. The number of thioether (sulfide) groups is 1. The first-order chi connectivity index (χ1) is 9.56. The second-order valence-corrected chi connectivity index (χ2v) is 6.80. The summed E-state index contributed by atoms with van der Waals surface area (Å²) >= 11 is 1.74. The molecule has 0 aromatic heterocycles. The highest BCUT2D eigenvalue weighted by molar-refractivity contribution is 8.01. The first-order valence-electron chi connectivity index (χ1n) is 6.96. The molecule has 1 fully saturated rings. The van der Waals surface area contributed by atoms with E-state index in [-0.39, 0.29) is 11.2 Å². The number of aryl methyl sites for hydroxylation is 1. The van der Waals surface area contributed by atoms with Crippen LogP contribution >= 0.6 is 11.8 Å². The Hall–Kier alpha value is -1.20. The molecule has 2 rings (SSSR count). The molecule has 1 aliphatic rings. The highest BCUT2D eigenvalue weighted by atomic mass is 32.2. The van der Waals surface area contributed by atoms with Gasteiger partial charge in [-0.2, -0.15) is 0 Å². The molecule has 0 aliphatic carbocycles. The fourth-order valence-corrected chi connectivity index (χ4v) is 3.45. The van der Waals surface area contributed by atoms with Crippen molar-refractivity contribution in [3.8, 4) is 0 Å². The van der Waals surface area contributed by atoms with Crippen molar-refractivity contribution >= 4 is 29.0 Å². The molecule has 0 bridgehead atoms. The highest BCUT2D eigenvalue weighted by Crippen LogP contribution is 2.27. The number of nitrogen functional groups attached to an aromatic ring is 1. The van der Waals surface area contributed by atoms with Gasteiger partial charge in [0.25, 0.3) is 0 Å². The molecule has 3 N–H and O–H groups in total. The maximum atomic E-state index is 12.2. The number of carbonyl (C=O) groups is 1. The number of nitrogens with two attached hydrogens (primary N) is 1. The third kappa shape index (κ3) is 4.15. The Bertz CT molecular complexity index is 473. The molecule has 1 saturated heterocycles. The van der Waals surface area contributed by atoms with Gasteiger partial charge in [0.15, 0.2) is 0 Å². The van der Waals surface area contributed by atoms with Gasteiger partial charge in [0, 0.05) is 29.8 Å². The Balaban J connectivity index is 1.89. The molecule has 0 radical (unpaired) electrons. The van der Waals surface area contributed by atoms with Gasteiger partial charge in [-0.05, 0) is 50.5 Å². The van der Waals surface area contributed by atoms with Gasteiger partial charge in [-0.15, -0.1) is 11.8 Å². The minimum absolute atomic E-state index is 0.0503. The summed E-state index contributed by atoms with van der Waals surface area (Å²) in [7, 11) is 0. The monoisotopic (exact) mass is 294 g/mol. The van der Waals surface area contributed by atoms with Crippen molar-refractivity contribution in [2.75, 3.05) is 24.3 Å². The van der Waals surface area contributed by atoms with Gasteiger partial charge in [0.1, 0.15) is 0 Å². The molecular weight excluding hydrogens is 272 g/mol. The average molecular weight is 294 g/mol. The van der Waals surface area contributed by atoms with Gasteiger partial charge < -0.3 is 15.8 Å². The molecule has 0 saturated carbocycles. The number of benzene rings is 1. The topological polar surface area (TPSA) is 64.3 Å². The van der Waals surface area contributed by atoms with Crippen LogP contribution in [0.15, 0.2) is 18.2 Å². The summed E-state index contributed by atoms with van der Waals surface area (Å²) in [5.74, 6) is 0.0503. The Labute approximate surface area is 124 Å². The minimum atomic E-state index is -0.0601. The molecule has 1 atom stereocenters. The zero-order valence-corrected chi connectivity index (χ0v) is 12.8. The molecule has 110 valence electrons. The molecule has 1 amide bonds. The van der Waals surface area contributed by atoms with E-state index in [9.17, 15) is 4.79 Å². The Kier molecular flexibility index (Phi) is 5.31. The first kappa shape index (κ1) is 15.2. The summed E-state index contributed by atoms with van der Waals surface area (Å²) in [6.45, 7) is 5.52. The lowest BCUT2D eigenvalue weighted by atomic mass is 10.2. The summed E-state index contributed by atoms with van der Waals surface area (Å²) in [5.41, 5.74) is 8.25. The van der Waals surface area contributed by atoms with Gasteiger partial charge in [-0.1, -0.05) is 0 Å². The molecule has 20 heavy (non-hydrogen) atoms. The number of rotatable bonds is 4. The van der Waals surface area contributed by atoms with Crippen molar-refractivity contribution in [1.82, 2.24) is 0 Å². The van der Waals surface area contributed by atoms with Crippen LogP contribution in [0.5, 0.6) is 0 Å². The van der Waals surface area contributed by atoms with E-state index in [0.717, 1.165) is 37.3 Å². The lowest BCUT2D eigenvalue weighted by Gasteiger charge is -2.24. The molecule has 1 heterocycles. The highest BCUT2D eigenvalue weighted by Gasteiger charge is 2.21. The Morgan fingerprint density at radius 3 is 2.80 bits per heavy atom. The van der Waals surface area contributed by atoms with Crippen LogP contribution < -0.4 is 11.1 Å². The summed E-state index contributed by atoms with van der Waals surface area (Å²) in [6, 6.07) is 5.53. The quantitative estimate of drug-likeness (QED) is 0.838. The fraction of sp³-hybridized carbons (Fsp3) is 0.533. The minimum Gasteiger partial charge on any atom is -0.399 e. The molecule has 1 aromatic carbocycles. The zero-order chi connectivity index (χ0) is 14.5. The molecule has 4 nitrogen and oxygen atoms in total. The van der Waals surface area contributed by atoms with Crippen LogP contribution in [0.1, 0.15) is 25.3 Å². The van der Waals surface area contributed by atoms with E-state index in [4.69, 9.17) is 10.5 Å². The fourth-order valence-electron chi connectivity index (χ4n) is 2.22. The van der Waals surface area contributed by atoms with Crippen molar-refractivity contribution in [3.63, 3.8) is 0 Å². The lowest BCUT2D eigenvalue weighted by Crippen LogP contribution is -2.27. The first-order valence-corrected chi connectivity index (χ1v) is 7.90. The molecule has 1 aliphatic heterocycles. The summed E-state index contributed by atoms with van der Waals surface area (Å²) in [4.78, 5) is 12.2. The van der Waals surface area contributed by atoms with Gasteiger partial charge >= 0.3 is 0 Å². The van der Waals surface area contributed by atoms with Gasteiger partial charge in [0.05, 0.1) is 5.25 Å². The number of amides is 1. The van der Waals surface area contributed by atoms with Crippen LogP contribution in [-0.4, -0.2) is 29.6 Å². The zero-order valence-electron chi connectivity index (χ0n) is 12.0. The standard InChI is InChI=1S/C15H22N2O2S/c1-10-9-12(16)3-4-14(10)17-15(18)11(2)20-13-5-7-19-8-6-13/h3-4,9,11,13H,5-8,16H2,1-2H3,(H,17,18). The van der Waals surface area contributed by atoms with Crippen molar-refractivity contribution in [1.29, 1.82) is 0 Å². The van der Waals surface area contributed by atoms with Crippen molar-refractivity contribution in [2.24, 2.45) is 0 Å². The maximum absolute atomic E-state index is 12.2.